The van der Waals surface area contributed by atoms with Crippen molar-refractivity contribution in [2.45, 2.75) is 26.4 Å². The van der Waals surface area contributed by atoms with Crippen molar-refractivity contribution in [2.75, 3.05) is 13.7 Å². The van der Waals surface area contributed by atoms with Crippen LogP contribution in [0.4, 0.5) is 8.78 Å². The van der Waals surface area contributed by atoms with Crippen LogP contribution in [0.15, 0.2) is 18.2 Å². The summed E-state index contributed by atoms with van der Waals surface area (Å²) in [7, 11) is 1.29. The monoisotopic (exact) mass is 302 g/mol. The summed E-state index contributed by atoms with van der Waals surface area (Å²) >= 11 is 0. The van der Waals surface area contributed by atoms with Crippen molar-refractivity contribution < 1.29 is 28.2 Å². The molecule has 0 aromatic heterocycles. The summed E-state index contributed by atoms with van der Waals surface area (Å²) in [6, 6.07) is 3.79. The zero-order valence-electron chi connectivity index (χ0n) is 12.3. The van der Waals surface area contributed by atoms with Crippen LogP contribution < -0.4 is 4.74 Å². The van der Waals surface area contributed by atoms with E-state index in [0.29, 0.717) is 12.5 Å². The standard InChI is InChI=1S/C8H14O3.C7H6F2O/c1-5-3-7(8(9)10)4-11-6(5)2;1-10-6-4-2-3-5(8)7(6)9/h5-7H,3-4H2,1-2H3,(H,9,10);2-4H,1H3. The molecule has 1 aromatic rings. The van der Waals surface area contributed by atoms with Gasteiger partial charge in [0.25, 0.3) is 0 Å². The highest BCUT2D eigenvalue weighted by molar-refractivity contribution is 5.70. The molecule has 1 fully saturated rings. The second-order valence-electron chi connectivity index (χ2n) is 5.04. The van der Waals surface area contributed by atoms with Gasteiger partial charge < -0.3 is 14.6 Å². The van der Waals surface area contributed by atoms with Gasteiger partial charge >= 0.3 is 5.97 Å². The maximum absolute atomic E-state index is 12.5. The van der Waals surface area contributed by atoms with Gasteiger partial charge in [-0.05, 0) is 31.4 Å². The van der Waals surface area contributed by atoms with Crippen molar-refractivity contribution in [1.82, 2.24) is 0 Å². The molecule has 0 spiro atoms. The molecule has 1 saturated heterocycles. The molecular weight excluding hydrogens is 282 g/mol. The Morgan fingerprint density at radius 3 is 2.52 bits per heavy atom. The highest BCUT2D eigenvalue weighted by atomic mass is 19.2. The minimum atomic E-state index is -0.940. The van der Waals surface area contributed by atoms with Crippen LogP contribution >= 0.6 is 0 Å². The quantitative estimate of drug-likeness (QED) is 0.912. The molecular formula is C15H20F2O4. The largest absolute Gasteiger partial charge is 0.494 e. The molecule has 0 aliphatic carbocycles. The summed E-state index contributed by atoms with van der Waals surface area (Å²) in [5.41, 5.74) is 0. The van der Waals surface area contributed by atoms with E-state index in [4.69, 9.17) is 9.84 Å². The average molecular weight is 302 g/mol. The highest BCUT2D eigenvalue weighted by Crippen LogP contribution is 2.24. The molecule has 3 unspecified atom stereocenters. The first-order valence-corrected chi connectivity index (χ1v) is 6.69. The van der Waals surface area contributed by atoms with E-state index in [2.05, 4.69) is 4.74 Å². The molecule has 0 amide bonds. The third-order valence-corrected chi connectivity index (χ3v) is 3.50. The van der Waals surface area contributed by atoms with Gasteiger partial charge in [-0.3, -0.25) is 4.79 Å². The summed E-state index contributed by atoms with van der Waals surface area (Å²) in [5, 5.41) is 8.66. The Bertz CT molecular complexity index is 479. The summed E-state index contributed by atoms with van der Waals surface area (Å²) in [6.45, 7) is 4.39. The van der Waals surface area contributed by atoms with Gasteiger partial charge in [0.15, 0.2) is 11.6 Å². The van der Waals surface area contributed by atoms with E-state index in [-0.39, 0.29) is 17.8 Å². The Morgan fingerprint density at radius 2 is 2.05 bits per heavy atom. The van der Waals surface area contributed by atoms with Gasteiger partial charge in [-0.2, -0.15) is 4.39 Å². The Balaban J connectivity index is 0.000000211. The zero-order chi connectivity index (χ0) is 16.0. The number of carboxylic acids is 1. The number of carboxylic acid groups (broad SMARTS) is 1. The number of rotatable bonds is 2. The summed E-state index contributed by atoms with van der Waals surface area (Å²) in [6.07, 6.45) is 0.960. The molecule has 2 rings (SSSR count). The molecule has 1 N–H and O–H groups in total. The molecule has 6 heteroatoms. The molecule has 3 atom stereocenters. The van der Waals surface area contributed by atoms with Crippen molar-refractivity contribution in [1.29, 1.82) is 0 Å². The molecule has 21 heavy (non-hydrogen) atoms. The lowest BCUT2D eigenvalue weighted by Gasteiger charge is -2.29. The van der Waals surface area contributed by atoms with Gasteiger partial charge in [0.2, 0.25) is 5.82 Å². The number of halogens is 2. The fourth-order valence-electron chi connectivity index (χ4n) is 1.95. The number of benzene rings is 1. The maximum atomic E-state index is 12.5. The van der Waals surface area contributed by atoms with Crippen molar-refractivity contribution >= 4 is 5.97 Å². The van der Waals surface area contributed by atoms with Crippen molar-refractivity contribution in [2.24, 2.45) is 11.8 Å². The van der Waals surface area contributed by atoms with E-state index in [1.807, 2.05) is 13.8 Å². The van der Waals surface area contributed by atoms with Crippen LogP contribution in [0, 0.1) is 23.5 Å². The summed E-state index contributed by atoms with van der Waals surface area (Å²) in [4.78, 5) is 10.5. The van der Waals surface area contributed by atoms with Crippen molar-refractivity contribution in [3.8, 4) is 5.75 Å². The van der Waals surface area contributed by atoms with E-state index < -0.39 is 17.6 Å². The second-order valence-corrected chi connectivity index (χ2v) is 5.04. The molecule has 1 aliphatic rings. The van der Waals surface area contributed by atoms with Gasteiger partial charge in [0.05, 0.1) is 25.7 Å². The van der Waals surface area contributed by atoms with Crippen LogP contribution in [0.3, 0.4) is 0 Å². The van der Waals surface area contributed by atoms with Gasteiger partial charge in [-0.15, -0.1) is 0 Å². The summed E-state index contributed by atoms with van der Waals surface area (Å²) < 4.78 is 34.6. The Hall–Kier alpha value is -1.69. The normalized spacial score (nSPS) is 24.7. The lowest BCUT2D eigenvalue weighted by atomic mass is 9.90. The predicted molar refractivity (Wildman–Crippen MR) is 73.2 cm³/mol. The second kappa shape index (κ2) is 7.93. The molecule has 0 saturated carbocycles. The summed E-state index contributed by atoms with van der Waals surface area (Å²) in [5.74, 6) is -2.56. The lowest BCUT2D eigenvalue weighted by molar-refractivity contribution is -0.150. The molecule has 1 heterocycles. The molecule has 4 nitrogen and oxygen atoms in total. The minimum Gasteiger partial charge on any atom is -0.494 e. The van der Waals surface area contributed by atoms with E-state index >= 15 is 0 Å². The first kappa shape index (κ1) is 17.4. The molecule has 1 aliphatic heterocycles. The third kappa shape index (κ3) is 4.97. The fraction of sp³-hybridized carbons (Fsp3) is 0.533. The van der Waals surface area contributed by atoms with Crippen LogP contribution in [0.5, 0.6) is 5.75 Å². The van der Waals surface area contributed by atoms with Crippen molar-refractivity contribution in [3.63, 3.8) is 0 Å². The Labute approximate surface area is 122 Å². The molecule has 0 bridgehead atoms. The fourth-order valence-corrected chi connectivity index (χ4v) is 1.95. The number of methoxy groups -OCH3 is 1. The average Bonchev–Trinajstić information content (AvgIpc) is 2.45. The van der Waals surface area contributed by atoms with E-state index in [1.165, 1.54) is 19.2 Å². The van der Waals surface area contributed by atoms with Crippen LogP contribution in [-0.2, 0) is 9.53 Å². The van der Waals surface area contributed by atoms with E-state index in [9.17, 15) is 13.6 Å². The van der Waals surface area contributed by atoms with E-state index in [1.54, 1.807) is 0 Å². The maximum Gasteiger partial charge on any atom is 0.308 e. The van der Waals surface area contributed by atoms with Gasteiger partial charge in [-0.1, -0.05) is 13.0 Å². The number of hydrogen-bond donors (Lipinski definition) is 1. The molecule has 118 valence electrons. The smallest absolute Gasteiger partial charge is 0.308 e. The SMILES string of the molecule is CC1CC(C(=O)O)COC1C.COc1cccc(F)c1F. The zero-order valence-corrected chi connectivity index (χ0v) is 12.3. The Morgan fingerprint density at radius 1 is 1.38 bits per heavy atom. The molecule has 1 aromatic carbocycles. The van der Waals surface area contributed by atoms with E-state index in [0.717, 1.165) is 12.5 Å². The van der Waals surface area contributed by atoms with Crippen LogP contribution in [-0.4, -0.2) is 30.9 Å². The van der Waals surface area contributed by atoms with Crippen LogP contribution in [0.25, 0.3) is 0 Å². The van der Waals surface area contributed by atoms with Crippen LogP contribution in [0.1, 0.15) is 20.3 Å². The number of ether oxygens (including phenoxy) is 2. The topological polar surface area (TPSA) is 55.8 Å². The van der Waals surface area contributed by atoms with Crippen molar-refractivity contribution in [3.05, 3.63) is 29.8 Å². The Kier molecular flexibility index (Phi) is 6.55. The number of aliphatic carboxylic acids is 1. The predicted octanol–water partition coefficient (Wildman–Crippen LogP) is 3.11. The highest BCUT2D eigenvalue weighted by Gasteiger charge is 2.29. The first-order chi connectivity index (χ1) is 9.86. The number of hydrogen-bond acceptors (Lipinski definition) is 3. The van der Waals surface area contributed by atoms with Gasteiger partial charge in [0.1, 0.15) is 0 Å². The third-order valence-electron chi connectivity index (χ3n) is 3.50. The molecule has 0 radical (unpaired) electrons. The first-order valence-electron chi connectivity index (χ1n) is 6.69. The lowest BCUT2D eigenvalue weighted by Crippen LogP contribution is -2.34. The van der Waals surface area contributed by atoms with Crippen LogP contribution in [0.2, 0.25) is 0 Å². The minimum absolute atomic E-state index is 0.0694. The number of carbonyl (C=O) groups is 1. The van der Waals surface area contributed by atoms with Gasteiger partial charge in [-0.25, -0.2) is 4.39 Å². The van der Waals surface area contributed by atoms with Gasteiger partial charge in [0, 0.05) is 0 Å².